The highest BCUT2D eigenvalue weighted by Gasteiger charge is 2.12. The van der Waals surface area contributed by atoms with E-state index in [1.165, 1.54) is 11.8 Å². The number of thiocarbonyl (C=S) groups is 1. The van der Waals surface area contributed by atoms with E-state index in [1.807, 2.05) is 13.8 Å². The number of rotatable bonds is 7. The molecule has 0 fully saturated rings. The number of thioether (sulfide) groups is 1. The van der Waals surface area contributed by atoms with Gasteiger partial charge in [0.25, 0.3) is 5.56 Å². The molecule has 10 heteroatoms. The standard InChI is InChI=1S/C13H21N7OS2/c1-4-7-23-13-16-10-9(11(21)17-13)18-19-20(10)6-5-14-12(22)15-8(2)3/h8H,4-7H2,1-3H3,(H2,14,15,22)(H,16,17,21). The summed E-state index contributed by atoms with van der Waals surface area (Å²) in [5.74, 6) is 0.896. The van der Waals surface area contributed by atoms with Gasteiger partial charge in [0.2, 0.25) is 0 Å². The highest BCUT2D eigenvalue weighted by molar-refractivity contribution is 7.99. The number of nitrogens with zero attached hydrogens (tertiary/aromatic N) is 4. The van der Waals surface area contributed by atoms with Crippen LogP contribution in [0, 0.1) is 0 Å². The SMILES string of the molecule is CCCSc1nc2c(nnn2CCNC(=S)NC(C)C)c(=O)[nH]1. The maximum Gasteiger partial charge on any atom is 0.281 e. The van der Waals surface area contributed by atoms with E-state index in [1.54, 1.807) is 4.68 Å². The molecule has 0 aliphatic carbocycles. The van der Waals surface area contributed by atoms with E-state index in [4.69, 9.17) is 12.2 Å². The molecular weight excluding hydrogens is 334 g/mol. The van der Waals surface area contributed by atoms with E-state index in [0.29, 0.717) is 29.0 Å². The van der Waals surface area contributed by atoms with E-state index in [2.05, 4.69) is 37.8 Å². The molecule has 0 unspecified atom stereocenters. The molecule has 0 spiro atoms. The molecule has 0 radical (unpaired) electrons. The number of H-pyrrole nitrogens is 1. The van der Waals surface area contributed by atoms with Gasteiger partial charge in [0.1, 0.15) is 0 Å². The van der Waals surface area contributed by atoms with Crippen molar-refractivity contribution in [1.82, 2.24) is 35.6 Å². The zero-order chi connectivity index (χ0) is 16.8. The summed E-state index contributed by atoms with van der Waals surface area (Å²) in [4.78, 5) is 19.2. The summed E-state index contributed by atoms with van der Waals surface area (Å²) in [6.07, 6.45) is 1.01. The third kappa shape index (κ3) is 4.90. The average molecular weight is 355 g/mol. The minimum atomic E-state index is -0.259. The van der Waals surface area contributed by atoms with Crippen molar-refractivity contribution in [3.63, 3.8) is 0 Å². The van der Waals surface area contributed by atoms with Gasteiger partial charge in [-0.3, -0.25) is 9.78 Å². The summed E-state index contributed by atoms with van der Waals surface area (Å²) >= 11 is 6.68. The number of nitrogens with one attached hydrogen (secondary N) is 3. The first-order chi connectivity index (χ1) is 11.0. The van der Waals surface area contributed by atoms with E-state index in [0.717, 1.165) is 12.2 Å². The molecule has 2 aromatic rings. The van der Waals surface area contributed by atoms with Crippen LogP contribution in [-0.4, -0.2) is 48.4 Å². The van der Waals surface area contributed by atoms with Gasteiger partial charge >= 0.3 is 0 Å². The quantitative estimate of drug-likeness (QED) is 0.382. The molecular formula is C13H21N7OS2. The fourth-order valence-corrected chi connectivity index (χ4v) is 2.90. The van der Waals surface area contributed by atoms with Gasteiger partial charge in [-0.25, -0.2) is 9.67 Å². The number of aromatic amines is 1. The second kappa shape index (κ2) is 8.25. The monoisotopic (exact) mass is 355 g/mol. The minimum Gasteiger partial charge on any atom is -0.361 e. The third-order valence-corrected chi connectivity index (χ3v) is 4.17. The van der Waals surface area contributed by atoms with Crippen LogP contribution in [0.5, 0.6) is 0 Å². The van der Waals surface area contributed by atoms with Crippen molar-refractivity contribution in [2.45, 2.75) is 44.9 Å². The maximum atomic E-state index is 12.0. The zero-order valence-corrected chi connectivity index (χ0v) is 15.1. The number of fused-ring (bicyclic) bond motifs is 1. The Morgan fingerprint density at radius 1 is 1.48 bits per heavy atom. The molecule has 0 atom stereocenters. The summed E-state index contributed by atoms with van der Waals surface area (Å²) in [6, 6.07) is 0.278. The zero-order valence-electron chi connectivity index (χ0n) is 13.4. The van der Waals surface area contributed by atoms with Crippen LogP contribution in [-0.2, 0) is 6.54 Å². The molecule has 0 amide bonds. The minimum absolute atomic E-state index is 0.258. The molecule has 0 saturated carbocycles. The van der Waals surface area contributed by atoms with Crippen molar-refractivity contribution < 1.29 is 0 Å². The molecule has 2 rings (SSSR count). The summed E-state index contributed by atoms with van der Waals surface area (Å²) in [6.45, 7) is 7.21. The summed E-state index contributed by atoms with van der Waals surface area (Å²) in [5, 5.41) is 15.3. The van der Waals surface area contributed by atoms with Gasteiger partial charge in [0.15, 0.2) is 21.4 Å². The first kappa shape index (κ1) is 17.7. The predicted octanol–water partition coefficient (Wildman–Crippen LogP) is 0.889. The molecule has 8 nitrogen and oxygen atoms in total. The van der Waals surface area contributed by atoms with Crippen molar-refractivity contribution in [2.24, 2.45) is 0 Å². The van der Waals surface area contributed by atoms with Crippen molar-refractivity contribution in [3.05, 3.63) is 10.4 Å². The van der Waals surface area contributed by atoms with Crippen molar-refractivity contribution in [2.75, 3.05) is 12.3 Å². The fraction of sp³-hybridized carbons (Fsp3) is 0.615. The van der Waals surface area contributed by atoms with Gasteiger partial charge in [-0.2, -0.15) is 0 Å². The summed E-state index contributed by atoms with van der Waals surface area (Å²) < 4.78 is 1.62. The molecule has 0 aromatic carbocycles. The van der Waals surface area contributed by atoms with E-state index in [-0.39, 0.29) is 17.1 Å². The highest BCUT2D eigenvalue weighted by atomic mass is 32.2. The molecule has 2 aromatic heterocycles. The van der Waals surface area contributed by atoms with Gasteiger partial charge in [-0.05, 0) is 32.5 Å². The normalized spacial score (nSPS) is 11.1. The van der Waals surface area contributed by atoms with Gasteiger partial charge < -0.3 is 10.6 Å². The van der Waals surface area contributed by atoms with Gasteiger partial charge in [0, 0.05) is 18.3 Å². The molecule has 0 bridgehead atoms. The Kier molecular flexibility index (Phi) is 6.34. The lowest BCUT2D eigenvalue weighted by molar-refractivity contribution is 0.585. The Morgan fingerprint density at radius 3 is 2.96 bits per heavy atom. The Bertz CT molecular complexity index is 725. The Morgan fingerprint density at radius 2 is 2.26 bits per heavy atom. The second-order valence-electron chi connectivity index (χ2n) is 5.26. The Labute approximate surface area is 143 Å². The highest BCUT2D eigenvalue weighted by Crippen LogP contribution is 2.14. The van der Waals surface area contributed by atoms with Crippen molar-refractivity contribution in [1.29, 1.82) is 0 Å². The lowest BCUT2D eigenvalue weighted by Crippen LogP contribution is -2.40. The fourth-order valence-electron chi connectivity index (χ4n) is 1.85. The van der Waals surface area contributed by atoms with Crippen LogP contribution in [0.25, 0.3) is 11.2 Å². The number of hydrogen-bond donors (Lipinski definition) is 3. The topological polar surface area (TPSA) is 101 Å². The number of hydrogen-bond acceptors (Lipinski definition) is 6. The van der Waals surface area contributed by atoms with Gasteiger partial charge in [0.05, 0.1) is 6.54 Å². The largest absolute Gasteiger partial charge is 0.361 e. The van der Waals surface area contributed by atoms with Gasteiger partial charge in [-0.15, -0.1) is 5.10 Å². The summed E-state index contributed by atoms with van der Waals surface area (Å²) in [5.41, 5.74) is 0.496. The van der Waals surface area contributed by atoms with Crippen LogP contribution >= 0.6 is 24.0 Å². The Hall–Kier alpha value is -1.68. The Balaban J connectivity index is 2.07. The lowest BCUT2D eigenvalue weighted by Gasteiger charge is -2.12. The van der Waals surface area contributed by atoms with E-state index >= 15 is 0 Å². The second-order valence-corrected chi connectivity index (χ2v) is 6.75. The lowest BCUT2D eigenvalue weighted by atomic mass is 10.4. The van der Waals surface area contributed by atoms with Crippen LogP contribution in [0.1, 0.15) is 27.2 Å². The van der Waals surface area contributed by atoms with Crippen LogP contribution in [0.15, 0.2) is 9.95 Å². The molecule has 126 valence electrons. The molecule has 0 aliphatic heterocycles. The molecule has 23 heavy (non-hydrogen) atoms. The van der Waals surface area contributed by atoms with Crippen LogP contribution in [0.2, 0.25) is 0 Å². The molecule has 3 N–H and O–H groups in total. The van der Waals surface area contributed by atoms with Crippen LogP contribution in [0.4, 0.5) is 0 Å². The first-order valence-corrected chi connectivity index (χ1v) is 8.91. The third-order valence-electron chi connectivity index (χ3n) is 2.82. The van der Waals surface area contributed by atoms with Crippen molar-refractivity contribution >= 4 is 40.3 Å². The average Bonchev–Trinajstić information content (AvgIpc) is 2.88. The van der Waals surface area contributed by atoms with E-state index in [9.17, 15) is 4.79 Å². The van der Waals surface area contributed by atoms with Crippen LogP contribution in [0.3, 0.4) is 0 Å². The smallest absolute Gasteiger partial charge is 0.281 e. The van der Waals surface area contributed by atoms with Crippen molar-refractivity contribution in [3.8, 4) is 0 Å². The molecule has 0 aliphatic rings. The number of aromatic nitrogens is 5. The maximum absolute atomic E-state index is 12.0. The van der Waals surface area contributed by atoms with Crippen LogP contribution < -0.4 is 16.2 Å². The van der Waals surface area contributed by atoms with E-state index < -0.39 is 0 Å². The van der Waals surface area contributed by atoms with Gasteiger partial charge in [-0.1, -0.05) is 23.9 Å². The summed E-state index contributed by atoms with van der Waals surface area (Å²) in [7, 11) is 0. The first-order valence-electron chi connectivity index (χ1n) is 7.52. The molecule has 2 heterocycles. The predicted molar refractivity (Wildman–Crippen MR) is 95.8 cm³/mol. The molecule has 0 saturated heterocycles.